The number of thioether (sulfide) groups is 1. The third kappa shape index (κ3) is 4.94. The highest BCUT2D eigenvalue weighted by molar-refractivity contribution is 7.99. The lowest BCUT2D eigenvalue weighted by Crippen LogP contribution is -2.24. The zero-order valence-electron chi connectivity index (χ0n) is 15.8. The number of ether oxygens (including phenoxy) is 1. The van der Waals surface area contributed by atoms with Crippen LogP contribution in [0.1, 0.15) is 25.5 Å². The van der Waals surface area contributed by atoms with Gasteiger partial charge in [-0.25, -0.2) is 4.98 Å². The zero-order chi connectivity index (χ0) is 20.1. The lowest BCUT2D eigenvalue weighted by Gasteiger charge is -2.17. The lowest BCUT2D eigenvalue weighted by molar-refractivity contribution is 0.00620. The van der Waals surface area contributed by atoms with E-state index in [1.54, 1.807) is 10.6 Å². The second-order valence-corrected chi connectivity index (χ2v) is 7.88. The van der Waals surface area contributed by atoms with E-state index in [9.17, 15) is 9.90 Å². The van der Waals surface area contributed by atoms with E-state index < -0.39 is 6.10 Å². The molecule has 0 aliphatic carbocycles. The molecule has 0 spiro atoms. The molecule has 2 atom stereocenters. The number of aliphatic hydroxyl groups excluding tert-OH is 1. The molecular weight excluding hydrogens is 396 g/mol. The van der Waals surface area contributed by atoms with Crippen molar-refractivity contribution in [2.24, 2.45) is 0 Å². The Balaban J connectivity index is 1.62. The fourth-order valence-corrected chi connectivity index (χ4v) is 3.94. The summed E-state index contributed by atoms with van der Waals surface area (Å²) in [5.74, 6) is 0.387. The first kappa shape index (κ1) is 20.9. The number of aromatic nitrogens is 2. The second-order valence-electron chi connectivity index (χ2n) is 6.45. The number of halogens is 1. The maximum atomic E-state index is 12.6. The second kappa shape index (κ2) is 9.56. The van der Waals surface area contributed by atoms with Crippen molar-refractivity contribution in [1.29, 1.82) is 0 Å². The van der Waals surface area contributed by atoms with Crippen LogP contribution in [-0.2, 0) is 11.3 Å². The third-order valence-electron chi connectivity index (χ3n) is 4.43. The van der Waals surface area contributed by atoms with Gasteiger partial charge in [0, 0.05) is 17.3 Å². The smallest absolute Gasteiger partial charge is 0.262 e. The average Bonchev–Trinajstić information content (AvgIpc) is 2.71. The predicted molar refractivity (Wildman–Crippen MR) is 114 cm³/mol. The van der Waals surface area contributed by atoms with Crippen LogP contribution in [0.25, 0.3) is 10.9 Å². The van der Waals surface area contributed by atoms with Crippen LogP contribution in [0.2, 0.25) is 5.02 Å². The molecule has 148 valence electrons. The number of rotatable bonds is 8. The molecule has 3 aromatic rings. The molecule has 0 unspecified atom stereocenters. The molecule has 3 rings (SSSR count). The summed E-state index contributed by atoms with van der Waals surface area (Å²) in [5.41, 5.74) is 1.61. The van der Waals surface area contributed by atoms with Gasteiger partial charge in [-0.15, -0.1) is 0 Å². The molecule has 0 fully saturated rings. The highest BCUT2D eigenvalue weighted by atomic mass is 35.5. The van der Waals surface area contributed by atoms with Gasteiger partial charge in [-0.05, 0) is 43.7 Å². The highest BCUT2D eigenvalue weighted by Gasteiger charge is 2.14. The van der Waals surface area contributed by atoms with Crippen LogP contribution in [-0.4, -0.2) is 33.1 Å². The van der Waals surface area contributed by atoms with Gasteiger partial charge in [0.25, 0.3) is 5.56 Å². The van der Waals surface area contributed by atoms with Gasteiger partial charge in [0.1, 0.15) is 0 Å². The standard InChI is InChI=1S/C21H23ClN2O3S/c1-3-24-20(26)18-6-4-5-7-19(18)23-21(24)28-13-17(25)12-27-14(2)15-8-10-16(22)11-9-15/h4-11,14,17,25H,3,12-13H2,1-2H3/t14-,17-/m1/s1. The van der Waals surface area contributed by atoms with Crippen LogP contribution in [0.3, 0.4) is 0 Å². The summed E-state index contributed by atoms with van der Waals surface area (Å²) in [4.78, 5) is 17.2. The number of para-hydroxylation sites is 1. The quantitative estimate of drug-likeness (QED) is 0.436. The van der Waals surface area contributed by atoms with Crippen molar-refractivity contribution >= 4 is 34.3 Å². The highest BCUT2D eigenvalue weighted by Crippen LogP contribution is 2.21. The van der Waals surface area contributed by atoms with Crippen molar-refractivity contribution in [3.63, 3.8) is 0 Å². The number of benzene rings is 2. The zero-order valence-corrected chi connectivity index (χ0v) is 17.4. The molecule has 0 bridgehead atoms. The van der Waals surface area contributed by atoms with E-state index in [0.29, 0.717) is 33.4 Å². The number of fused-ring (bicyclic) bond motifs is 1. The van der Waals surface area contributed by atoms with Gasteiger partial charge < -0.3 is 9.84 Å². The van der Waals surface area contributed by atoms with E-state index in [4.69, 9.17) is 16.3 Å². The van der Waals surface area contributed by atoms with Crippen LogP contribution in [0, 0.1) is 0 Å². The van der Waals surface area contributed by atoms with E-state index in [1.165, 1.54) is 11.8 Å². The Bertz CT molecular complexity index is 991. The molecule has 0 aliphatic heterocycles. The van der Waals surface area contributed by atoms with E-state index in [2.05, 4.69) is 4.98 Å². The Morgan fingerprint density at radius 2 is 1.93 bits per heavy atom. The van der Waals surface area contributed by atoms with E-state index in [1.807, 2.05) is 56.3 Å². The minimum absolute atomic E-state index is 0.0577. The molecule has 0 aliphatic rings. The molecule has 28 heavy (non-hydrogen) atoms. The van der Waals surface area contributed by atoms with Crippen LogP contribution in [0.4, 0.5) is 0 Å². The minimum Gasteiger partial charge on any atom is -0.390 e. The predicted octanol–water partition coefficient (Wildman–Crippen LogP) is 4.30. The van der Waals surface area contributed by atoms with Crippen molar-refractivity contribution in [2.75, 3.05) is 12.4 Å². The van der Waals surface area contributed by atoms with Crippen LogP contribution < -0.4 is 5.56 Å². The van der Waals surface area contributed by atoms with Crippen molar-refractivity contribution in [1.82, 2.24) is 9.55 Å². The summed E-state index contributed by atoms with van der Waals surface area (Å²) in [6.07, 6.45) is -0.821. The Kier molecular flexibility index (Phi) is 7.13. The summed E-state index contributed by atoms with van der Waals surface area (Å²) in [6.45, 7) is 4.57. The molecular formula is C21H23ClN2O3S. The molecule has 5 nitrogen and oxygen atoms in total. The molecule has 1 N–H and O–H groups in total. The van der Waals surface area contributed by atoms with E-state index >= 15 is 0 Å². The first-order valence-corrected chi connectivity index (χ1v) is 10.5. The molecule has 7 heteroatoms. The van der Waals surface area contributed by atoms with Crippen LogP contribution in [0.5, 0.6) is 0 Å². The monoisotopic (exact) mass is 418 g/mol. The van der Waals surface area contributed by atoms with Gasteiger partial charge in [0.15, 0.2) is 5.16 Å². The van der Waals surface area contributed by atoms with E-state index in [-0.39, 0.29) is 18.3 Å². The fourth-order valence-electron chi connectivity index (χ4n) is 2.84. The third-order valence-corrected chi connectivity index (χ3v) is 5.80. The first-order valence-electron chi connectivity index (χ1n) is 9.17. The topological polar surface area (TPSA) is 64.3 Å². The van der Waals surface area contributed by atoms with Gasteiger partial charge in [-0.3, -0.25) is 9.36 Å². The Morgan fingerprint density at radius 3 is 2.64 bits per heavy atom. The summed E-state index contributed by atoms with van der Waals surface area (Å²) in [7, 11) is 0. The summed E-state index contributed by atoms with van der Waals surface area (Å²) in [5, 5.41) is 12.2. The fraction of sp³-hybridized carbons (Fsp3) is 0.333. The maximum absolute atomic E-state index is 12.6. The minimum atomic E-state index is -0.673. The van der Waals surface area contributed by atoms with Gasteiger partial charge in [0.05, 0.1) is 29.7 Å². The SMILES string of the molecule is CCn1c(SC[C@H](O)CO[C@H](C)c2ccc(Cl)cc2)nc2ccccc2c1=O. The number of nitrogens with zero attached hydrogens (tertiary/aromatic N) is 2. The first-order chi connectivity index (χ1) is 13.5. The Labute approximate surface area is 173 Å². The molecule has 1 heterocycles. The Morgan fingerprint density at radius 1 is 1.21 bits per heavy atom. The van der Waals surface area contributed by atoms with Crippen molar-refractivity contribution in [2.45, 2.75) is 37.8 Å². The number of hydrogen-bond donors (Lipinski definition) is 1. The summed E-state index contributed by atoms with van der Waals surface area (Å²) >= 11 is 7.26. The molecule has 0 amide bonds. The van der Waals surface area contributed by atoms with Gasteiger partial charge in [-0.1, -0.05) is 47.6 Å². The number of aliphatic hydroxyl groups is 1. The largest absolute Gasteiger partial charge is 0.390 e. The molecule has 0 saturated carbocycles. The summed E-state index contributed by atoms with van der Waals surface area (Å²) in [6, 6.07) is 14.8. The normalized spacial score (nSPS) is 13.6. The average molecular weight is 419 g/mol. The van der Waals surface area contributed by atoms with Crippen LogP contribution >= 0.6 is 23.4 Å². The maximum Gasteiger partial charge on any atom is 0.262 e. The van der Waals surface area contributed by atoms with Gasteiger partial charge in [0.2, 0.25) is 0 Å². The lowest BCUT2D eigenvalue weighted by atomic mass is 10.1. The molecule has 0 radical (unpaired) electrons. The van der Waals surface area contributed by atoms with Crippen molar-refractivity contribution in [3.8, 4) is 0 Å². The van der Waals surface area contributed by atoms with Gasteiger partial charge in [-0.2, -0.15) is 0 Å². The van der Waals surface area contributed by atoms with Crippen molar-refractivity contribution in [3.05, 3.63) is 69.5 Å². The molecule has 0 saturated heterocycles. The van der Waals surface area contributed by atoms with Crippen LogP contribution in [0.15, 0.2) is 58.5 Å². The number of hydrogen-bond acceptors (Lipinski definition) is 5. The molecule has 1 aromatic heterocycles. The molecule has 2 aromatic carbocycles. The van der Waals surface area contributed by atoms with Crippen molar-refractivity contribution < 1.29 is 9.84 Å². The Hall–Kier alpha value is -1.86. The van der Waals surface area contributed by atoms with E-state index in [0.717, 1.165) is 5.56 Å². The summed E-state index contributed by atoms with van der Waals surface area (Å²) < 4.78 is 7.41. The van der Waals surface area contributed by atoms with Gasteiger partial charge >= 0.3 is 0 Å².